The van der Waals surface area contributed by atoms with Crippen molar-refractivity contribution in [2.75, 3.05) is 24.3 Å². The normalized spacial score (nSPS) is 19.5. The molecule has 0 radical (unpaired) electrons. The van der Waals surface area contributed by atoms with E-state index in [1.807, 2.05) is 23.9 Å². The molecule has 19 heavy (non-hydrogen) atoms. The predicted molar refractivity (Wildman–Crippen MR) is 79.6 cm³/mol. The lowest BCUT2D eigenvalue weighted by atomic mass is 10.2. The number of thioether (sulfide) groups is 2. The third kappa shape index (κ3) is 2.96. The molecule has 2 heterocycles. The van der Waals surface area contributed by atoms with Gasteiger partial charge in [0.2, 0.25) is 11.7 Å². The van der Waals surface area contributed by atoms with E-state index in [1.165, 1.54) is 4.90 Å². The second kappa shape index (κ2) is 5.98. The fourth-order valence-corrected chi connectivity index (χ4v) is 3.29. The van der Waals surface area contributed by atoms with Gasteiger partial charge in [0.05, 0.1) is 6.04 Å². The van der Waals surface area contributed by atoms with Crippen molar-refractivity contribution in [2.24, 2.45) is 0 Å². The predicted octanol–water partition coefficient (Wildman–Crippen LogP) is 2.84. The lowest BCUT2D eigenvalue weighted by Gasteiger charge is -2.19. The van der Waals surface area contributed by atoms with E-state index < -0.39 is 0 Å². The van der Waals surface area contributed by atoms with Gasteiger partial charge >= 0.3 is 0 Å². The Balaban J connectivity index is 1.79. The van der Waals surface area contributed by atoms with Crippen molar-refractivity contribution in [1.29, 1.82) is 0 Å². The van der Waals surface area contributed by atoms with Crippen LogP contribution in [0.25, 0.3) is 11.4 Å². The van der Waals surface area contributed by atoms with Gasteiger partial charge in [0.1, 0.15) is 0 Å². The zero-order chi connectivity index (χ0) is 13.1. The van der Waals surface area contributed by atoms with E-state index in [0.29, 0.717) is 11.7 Å². The van der Waals surface area contributed by atoms with Gasteiger partial charge in [-0.05, 0) is 30.5 Å². The Bertz CT molecular complexity index is 535. The topological polar surface area (TPSA) is 51.0 Å². The number of hydrogen-bond acceptors (Lipinski definition) is 6. The first kappa shape index (κ1) is 13.0. The SMILES string of the molecule is CSc1ccc(-c2noc(C3CSCCN3)n2)cc1. The molecule has 1 saturated heterocycles. The fourth-order valence-electron chi connectivity index (χ4n) is 1.96. The van der Waals surface area contributed by atoms with Gasteiger partial charge in [-0.25, -0.2) is 0 Å². The number of benzene rings is 1. The average molecular weight is 293 g/mol. The number of rotatable bonds is 3. The minimum atomic E-state index is 0.186. The lowest BCUT2D eigenvalue weighted by molar-refractivity contribution is 0.342. The maximum atomic E-state index is 5.37. The van der Waals surface area contributed by atoms with Crippen LogP contribution in [0.3, 0.4) is 0 Å². The van der Waals surface area contributed by atoms with Crippen LogP contribution in [0.15, 0.2) is 33.7 Å². The largest absolute Gasteiger partial charge is 0.337 e. The molecule has 0 bridgehead atoms. The van der Waals surface area contributed by atoms with E-state index in [2.05, 4.69) is 33.8 Å². The number of aromatic nitrogens is 2. The van der Waals surface area contributed by atoms with Gasteiger partial charge in [-0.1, -0.05) is 5.16 Å². The van der Waals surface area contributed by atoms with Crippen LogP contribution in [0, 0.1) is 0 Å². The zero-order valence-corrected chi connectivity index (χ0v) is 12.3. The summed E-state index contributed by atoms with van der Waals surface area (Å²) in [7, 11) is 0. The molecule has 0 spiro atoms. The molecule has 1 fully saturated rings. The van der Waals surface area contributed by atoms with Gasteiger partial charge < -0.3 is 9.84 Å². The summed E-state index contributed by atoms with van der Waals surface area (Å²) in [5.41, 5.74) is 0.997. The van der Waals surface area contributed by atoms with E-state index in [4.69, 9.17) is 4.52 Å². The van der Waals surface area contributed by atoms with Crippen LogP contribution in [-0.4, -0.2) is 34.4 Å². The Morgan fingerprint density at radius 2 is 2.21 bits per heavy atom. The molecule has 1 aromatic carbocycles. The first-order valence-electron chi connectivity index (χ1n) is 6.16. The second-order valence-corrected chi connectivity index (χ2v) is 6.30. The van der Waals surface area contributed by atoms with Crippen LogP contribution in [0.5, 0.6) is 0 Å². The monoisotopic (exact) mass is 293 g/mol. The Morgan fingerprint density at radius 3 is 2.89 bits per heavy atom. The summed E-state index contributed by atoms with van der Waals surface area (Å²) in [6, 6.07) is 8.40. The number of nitrogens with zero attached hydrogens (tertiary/aromatic N) is 2. The molecule has 100 valence electrons. The summed E-state index contributed by atoms with van der Waals surface area (Å²) in [5, 5.41) is 7.47. The summed E-state index contributed by atoms with van der Waals surface area (Å²) in [4.78, 5) is 5.73. The summed E-state index contributed by atoms with van der Waals surface area (Å²) < 4.78 is 5.37. The molecule has 4 nitrogen and oxygen atoms in total. The molecular weight excluding hydrogens is 278 g/mol. The van der Waals surface area contributed by atoms with Crippen molar-refractivity contribution in [1.82, 2.24) is 15.5 Å². The van der Waals surface area contributed by atoms with E-state index in [0.717, 1.165) is 23.6 Å². The zero-order valence-electron chi connectivity index (χ0n) is 10.6. The molecule has 0 amide bonds. The summed E-state index contributed by atoms with van der Waals surface area (Å²) in [6.45, 7) is 0.996. The number of hydrogen-bond donors (Lipinski definition) is 1. The molecule has 2 aromatic rings. The van der Waals surface area contributed by atoms with E-state index in [9.17, 15) is 0 Å². The lowest BCUT2D eigenvalue weighted by Crippen LogP contribution is -2.30. The third-order valence-electron chi connectivity index (χ3n) is 3.01. The van der Waals surface area contributed by atoms with Crippen LogP contribution in [-0.2, 0) is 0 Å². The molecule has 1 N–H and O–H groups in total. The van der Waals surface area contributed by atoms with Crippen molar-refractivity contribution in [3.8, 4) is 11.4 Å². The Kier molecular flexibility index (Phi) is 4.10. The van der Waals surface area contributed by atoms with Crippen LogP contribution < -0.4 is 5.32 Å². The van der Waals surface area contributed by atoms with Gasteiger partial charge in [-0.3, -0.25) is 0 Å². The van der Waals surface area contributed by atoms with Crippen LogP contribution in [0.4, 0.5) is 0 Å². The van der Waals surface area contributed by atoms with Crippen molar-refractivity contribution in [2.45, 2.75) is 10.9 Å². The van der Waals surface area contributed by atoms with Crippen molar-refractivity contribution >= 4 is 23.5 Å². The smallest absolute Gasteiger partial charge is 0.244 e. The highest BCUT2D eigenvalue weighted by atomic mass is 32.2. The maximum absolute atomic E-state index is 5.37. The molecule has 0 saturated carbocycles. The molecule has 0 aliphatic carbocycles. The first-order chi connectivity index (χ1) is 9.36. The van der Waals surface area contributed by atoms with Crippen LogP contribution in [0.2, 0.25) is 0 Å². The molecule has 3 rings (SSSR count). The molecule has 1 unspecified atom stereocenters. The fraction of sp³-hybridized carbons (Fsp3) is 0.385. The highest BCUT2D eigenvalue weighted by molar-refractivity contribution is 7.99. The molecular formula is C13H15N3OS2. The van der Waals surface area contributed by atoms with Gasteiger partial charge in [-0.2, -0.15) is 16.7 Å². The standard InChI is InChI=1S/C13H15N3OS2/c1-18-10-4-2-9(3-5-10)12-15-13(17-16-12)11-8-19-7-6-14-11/h2-5,11,14H,6-8H2,1H3. The minimum absolute atomic E-state index is 0.186. The van der Waals surface area contributed by atoms with Crippen LogP contribution in [0.1, 0.15) is 11.9 Å². The van der Waals surface area contributed by atoms with E-state index >= 15 is 0 Å². The molecule has 1 aliphatic rings. The maximum Gasteiger partial charge on any atom is 0.244 e. The van der Waals surface area contributed by atoms with Gasteiger partial charge in [-0.15, -0.1) is 11.8 Å². The Hall–Kier alpha value is -0.980. The third-order valence-corrected chi connectivity index (χ3v) is 4.82. The highest BCUT2D eigenvalue weighted by Gasteiger charge is 2.21. The van der Waals surface area contributed by atoms with Gasteiger partial charge in [0.25, 0.3) is 0 Å². The number of nitrogens with one attached hydrogen (secondary N) is 1. The molecule has 6 heteroatoms. The minimum Gasteiger partial charge on any atom is -0.337 e. The van der Waals surface area contributed by atoms with Crippen molar-refractivity contribution in [3.05, 3.63) is 30.2 Å². The highest BCUT2D eigenvalue weighted by Crippen LogP contribution is 2.24. The van der Waals surface area contributed by atoms with E-state index in [1.54, 1.807) is 11.8 Å². The molecule has 1 aliphatic heterocycles. The van der Waals surface area contributed by atoms with Crippen LogP contribution >= 0.6 is 23.5 Å². The second-order valence-electron chi connectivity index (χ2n) is 4.27. The summed E-state index contributed by atoms with van der Waals surface area (Å²) >= 11 is 3.64. The summed E-state index contributed by atoms with van der Waals surface area (Å²) in [5.74, 6) is 3.50. The van der Waals surface area contributed by atoms with Crippen molar-refractivity contribution < 1.29 is 4.52 Å². The molecule has 1 atom stereocenters. The Labute approximate surface area is 120 Å². The van der Waals surface area contributed by atoms with E-state index in [-0.39, 0.29) is 6.04 Å². The summed E-state index contributed by atoms with van der Waals surface area (Å²) in [6.07, 6.45) is 2.06. The quantitative estimate of drug-likeness (QED) is 0.878. The first-order valence-corrected chi connectivity index (χ1v) is 8.54. The average Bonchev–Trinajstić information content (AvgIpc) is 2.98. The van der Waals surface area contributed by atoms with Crippen molar-refractivity contribution in [3.63, 3.8) is 0 Å². The Morgan fingerprint density at radius 1 is 1.37 bits per heavy atom. The van der Waals surface area contributed by atoms with Gasteiger partial charge in [0.15, 0.2) is 0 Å². The van der Waals surface area contributed by atoms with Gasteiger partial charge in [0, 0.05) is 28.5 Å². The molecule has 1 aromatic heterocycles.